The second-order valence-corrected chi connectivity index (χ2v) is 4.83. The molecule has 2 aromatic rings. The van der Waals surface area contributed by atoms with E-state index in [1.54, 1.807) is 13.4 Å². The van der Waals surface area contributed by atoms with Gasteiger partial charge in [-0.05, 0) is 30.2 Å². The predicted octanol–water partition coefficient (Wildman–Crippen LogP) is 3.30. The highest BCUT2D eigenvalue weighted by molar-refractivity contribution is 14.0. The molecule has 0 unspecified atom stereocenters. The summed E-state index contributed by atoms with van der Waals surface area (Å²) in [6, 6.07) is 12.0. The Morgan fingerprint density at radius 1 is 1.13 bits per heavy atom. The molecule has 0 aliphatic rings. The average Bonchev–Trinajstić information content (AvgIpc) is 3.05. The van der Waals surface area contributed by atoms with Crippen molar-refractivity contribution in [3.63, 3.8) is 0 Å². The number of nitrogens with zero attached hydrogens (tertiary/aromatic N) is 1. The summed E-state index contributed by atoms with van der Waals surface area (Å²) in [4.78, 5) is 4.62. The van der Waals surface area contributed by atoms with E-state index in [-0.39, 0.29) is 24.0 Å². The number of halogens is 1. The normalized spacial score (nSPS) is 11.0. The molecule has 5 nitrogen and oxygen atoms in total. The molecule has 0 saturated heterocycles. The van der Waals surface area contributed by atoms with Crippen molar-refractivity contribution in [2.24, 2.45) is 4.99 Å². The second kappa shape index (κ2) is 11.1. The van der Waals surface area contributed by atoms with E-state index in [2.05, 4.69) is 27.8 Å². The molecule has 1 aromatic heterocycles. The summed E-state index contributed by atoms with van der Waals surface area (Å²) in [7, 11) is 1.70. The van der Waals surface area contributed by atoms with Gasteiger partial charge in [0.25, 0.3) is 0 Å². The Hall–Kier alpha value is -1.54. The molecule has 6 heteroatoms. The maximum absolute atomic E-state index is 5.31. The van der Waals surface area contributed by atoms with Crippen molar-refractivity contribution in [2.45, 2.75) is 26.6 Å². The number of ether oxygens (including phenoxy) is 1. The van der Waals surface area contributed by atoms with Gasteiger partial charge in [-0.2, -0.15) is 0 Å². The first-order valence-electron chi connectivity index (χ1n) is 7.43. The van der Waals surface area contributed by atoms with Gasteiger partial charge in [0, 0.05) is 13.7 Å². The van der Waals surface area contributed by atoms with Gasteiger partial charge in [-0.15, -0.1) is 24.0 Å². The standard InChI is InChI=1S/C17H23N3O2.HI/c1-3-18-17(20-12-16-9-6-10-22-16)19-11-14-7-4-5-8-15(14)13-21-2;/h4-10H,3,11-13H2,1-2H3,(H2,18,19,20);1H. The number of hydrogen-bond donors (Lipinski definition) is 2. The van der Waals surface area contributed by atoms with E-state index in [0.717, 1.165) is 23.8 Å². The Labute approximate surface area is 154 Å². The Bertz CT molecular complexity index is 585. The Morgan fingerprint density at radius 3 is 2.57 bits per heavy atom. The zero-order chi connectivity index (χ0) is 15.6. The van der Waals surface area contributed by atoms with E-state index in [0.29, 0.717) is 19.7 Å². The van der Waals surface area contributed by atoms with Crippen molar-refractivity contribution < 1.29 is 9.15 Å². The van der Waals surface area contributed by atoms with Gasteiger partial charge in [0.05, 0.1) is 26.0 Å². The summed E-state index contributed by atoms with van der Waals surface area (Å²) in [6.45, 7) is 4.67. The molecule has 0 saturated carbocycles. The minimum Gasteiger partial charge on any atom is -0.467 e. The molecule has 23 heavy (non-hydrogen) atoms. The number of aliphatic imine (C=N–C) groups is 1. The van der Waals surface area contributed by atoms with Crippen LogP contribution in [0, 0.1) is 0 Å². The van der Waals surface area contributed by atoms with Crippen LogP contribution in [0.2, 0.25) is 0 Å². The molecule has 0 atom stereocenters. The predicted molar refractivity (Wildman–Crippen MR) is 103 cm³/mol. The number of methoxy groups -OCH3 is 1. The first-order chi connectivity index (χ1) is 10.8. The molecule has 0 aliphatic carbocycles. The molecule has 1 heterocycles. The molecular formula is C17H24IN3O2. The number of nitrogens with one attached hydrogen (secondary N) is 2. The minimum atomic E-state index is 0. The zero-order valence-corrected chi connectivity index (χ0v) is 15.9. The highest BCUT2D eigenvalue weighted by Gasteiger charge is 2.03. The van der Waals surface area contributed by atoms with Crippen molar-refractivity contribution in [1.82, 2.24) is 10.6 Å². The molecule has 0 aliphatic heterocycles. The molecular weight excluding hydrogens is 405 g/mol. The van der Waals surface area contributed by atoms with E-state index >= 15 is 0 Å². The van der Waals surface area contributed by atoms with Crippen molar-refractivity contribution in [1.29, 1.82) is 0 Å². The van der Waals surface area contributed by atoms with Gasteiger partial charge in [-0.1, -0.05) is 24.3 Å². The van der Waals surface area contributed by atoms with Gasteiger partial charge in [-0.3, -0.25) is 0 Å². The fraction of sp³-hybridized carbons (Fsp3) is 0.353. The summed E-state index contributed by atoms with van der Waals surface area (Å²) < 4.78 is 10.5. The van der Waals surface area contributed by atoms with Crippen LogP contribution in [0.4, 0.5) is 0 Å². The maximum atomic E-state index is 5.31. The smallest absolute Gasteiger partial charge is 0.191 e. The number of benzene rings is 1. The van der Waals surface area contributed by atoms with Gasteiger partial charge in [-0.25, -0.2) is 4.99 Å². The van der Waals surface area contributed by atoms with Crippen LogP contribution in [0.25, 0.3) is 0 Å². The quantitative estimate of drug-likeness (QED) is 0.403. The van der Waals surface area contributed by atoms with Crippen LogP contribution < -0.4 is 10.6 Å². The van der Waals surface area contributed by atoms with Crippen molar-refractivity contribution in [3.8, 4) is 0 Å². The van der Waals surface area contributed by atoms with E-state index in [9.17, 15) is 0 Å². The van der Waals surface area contributed by atoms with Gasteiger partial charge in [0.1, 0.15) is 5.76 Å². The van der Waals surface area contributed by atoms with Gasteiger partial charge in [0.2, 0.25) is 0 Å². The molecule has 0 amide bonds. The van der Waals surface area contributed by atoms with Crippen molar-refractivity contribution in [3.05, 3.63) is 59.5 Å². The third-order valence-electron chi connectivity index (χ3n) is 3.18. The lowest BCUT2D eigenvalue weighted by atomic mass is 10.1. The Kier molecular flexibility index (Phi) is 9.39. The van der Waals surface area contributed by atoms with Crippen LogP contribution in [0.5, 0.6) is 0 Å². The number of furan rings is 1. The third kappa shape index (κ3) is 6.62. The molecule has 126 valence electrons. The van der Waals surface area contributed by atoms with Crippen LogP contribution in [0.1, 0.15) is 23.8 Å². The van der Waals surface area contributed by atoms with Crippen molar-refractivity contribution >= 4 is 29.9 Å². The SMILES string of the molecule is CCNC(=NCc1ccccc1COC)NCc1ccco1.I. The molecule has 1 aromatic carbocycles. The second-order valence-electron chi connectivity index (χ2n) is 4.83. The largest absolute Gasteiger partial charge is 0.467 e. The minimum absolute atomic E-state index is 0. The highest BCUT2D eigenvalue weighted by Crippen LogP contribution is 2.11. The maximum Gasteiger partial charge on any atom is 0.191 e. The molecule has 2 rings (SSSR count). The summed E-state index contributed by atoms with van der Waals surface area (Å²) in [5, 5.41) is 6.49. The Morgan fingerprint density at radius 2 is 1.91 bits per heavy atom. The van der Waals surface area contributed by atoms with E-state index in [1.165, 1.54) is 5.56 Å². The van der Waals surface area contributed by atoms with Gasteiger partial charge in [0.15, 0.2) is 5.96 Å². The van der Waals surface area contributed by atoms with E-state index in [4.69, 9.17) is 9.15 Å². The molecule has 0 radical (unpaired) electrons. The van der Waals surface area contributed by atoms with E-state index in [1.807, 2.05) is 31.2 Å². The topological polar surface area (TPSA) is 58.8 Å². The number of rotatable bonds is 7. The number of guanidine groups is 1. The summed E-state index contributed by atoms with van der Waals surface area (Å²) in [5.41, 5.74) is 2.33. The number of hydrogen-bond acceptors (Lipinski definition) is 3. The van der Waals surface area contributed by atoms with Crippen molar-refractivity contribution in [2.75, 3.05) is 13.7 Å². The average molecular weight is 429 g/mol. The zero-order valence-electron chi connectivity index (χ0n) is 13.5. The summed E-state index contributed by atoms with van der Waals surface area (Å²) >= 11 is 0. The lowest BCUT2D eigenvalue weighted by molar-refractivity contribution is 0.184. The highest BCUT2D eigenvalue weighted by atomic mass is 127. The first kappa shape index (κ1) is 19.5. The molecule has 0 spiro atoms. The van der Waals surface area contributed by atoms with Crippen LogP contribution in [0.3, 0.4) is 0 Å². The summed E-state index contributed by atoms with van der Waals surface area (Å²) in [6.07, 6.45) is 1.67. The Balaban J connectivity index is 0.00000264. The van der Waals surface area contributed by atoms with Gasteiger partial charge >= 0.3 is 0 Å². The lowest BCUT2D eigenvalue weighted by Gasteiger charge is -2.11. The van der Waals surface area contributed by atoms with Crippen LogP contribution >= 0.6 is 24.0 Å². The molecule has 0 bridgehead atoms. The monoisotopic (exact) mass is 429 g/mol. The first-order valence-corrected chi connectivity index (χ1v) is 7.43. The van der Waals surface area contributed by atoms with Crippen LogP contribution in [-0.2, 0) is 24.4 Å². The fourth-order valence-corrected chi connectivity index (χ4v) is 2.10. The summed E-state index contributed by atoms with van der Waals surface area (Å²) in [5.74, 6) is 1.65. The third-order valence-corrected chi connectivity index (χ3v) is 3.18. The van der Waals surface area contributed by atoms with Crippen LogP contribution in [0.15, 0.2) is 52.1 Å². The molecule has 2 N–H and O–H groups in total. The molecule has 0 fully saturated rings. The fourth-order valence-electron chi connectivity index (χ4n) is 2.10. The van der Waals surface area contributed by atoms with Crippen LogP contribution in [-0.4, -0.2) is 19.6 Å². The van der Waals surface area contributed by atoms with Gasteiger partial charge < -0.3 is 19.8 Å². The van der Waals surface area contributed by atoms with E-state index < -0.39 is 0 Å². The lowest BCUT2D eigenvalue weighted by Crippen LogP contribution is -2.36.